The number of Topliss-reactive ketones (excluding diaryl/α,β-unsaturated/α-hetero) is 1. The number of rotatable bonds is 5. The Hall–Kier alpha value is -3.31. The second-order valence-corrected chi connectivity index (χ2v) is 8.72. The second-order valence-electron chi connectivity index (χ2n) is 7.26. The normalized spacial score (nSPS) is 10.9. The minimum Gasteiger partial charge on any atom is -0.454 e. The van der Waals surface area contributed by atoms with Gasteiger partial charge in [0, 0.05) is 26.3 Å². The monoisotopic (exact) mass is 415 g/mol. The Labute approximate surface area is 179 Å². The van der Waals surface area contributed by atoms with Gasteiger partial charge >= 0.3 is 5.97 Å². The number of pyridine rings is 1. The molecule has 0 atom stereocenters. The van der Waals surface area contributed by atoms with Crippen molar-refractivity contribution in [1.82, 2.24) is 4.98 Å². The largest absolute Gasteiger partial charge is 0.454 e. The molecular formula is C25H21NO3S. The van der Waals surface area contributed by atoms with Crippen LogP contribution in [0.25, 0.3) is 22.2 Å². The molecule has 30 heavy (non-hydrogen) atoms. The molecule has 2 aromatic carbocycles. The number of benzene rings is 2. The first-order valence-corrected chi connectivity index (χ1v) is 10.5. The first-order valence-electron chi connectivity index (χ1n) is 9.66. The fraction of sp³-hybridized carbons (Fsp3) is 0.160. The highest BCUT2D eigenvalue weighted by atomic mass is 32.1. The molecule has 150 valence electrons. The Bertz CT molecular complexity index is 1260. The van der Waals surface area contributed by atoms with E-state index in [0.29, 0.717) is 27.7 Å². The standard InChI is InChI=1S/C25H21NO3S/c1-15-8-10-18(11-9-15)23-13-21(19-6-4-5-7-22(19)26-23)25(28)29-14-24(27)20-12-16(2)30-17(20)3/h4-13H,14H2,1-3H3. The number of aromatic nitrogens is 1. The molecule has 2 heterocycles. The molecule has 4 nitrogen and oxygen atoms in total. The van der Waals surface area contributed by atoms with Crippen LogP contribution in [0.15, 0.2) is 60.7 Å². The third kappa shape index (κ3) is 4.02. The lowest BCUT2D eigenvalue weighted by Gasteiger charge is -2.10. The van der Waals surface area contributed by atoms with Crippen LogP contribution < -0.4 is 0 Å². The maximum Gasteiger partial charge on any atom is 0.339 e. The summed E-state index contributed by atoms with van der Waals surface area (Å²) < 4.78 is 5.42. The van der Waals surface area contributed by atoms with Crippen LogP contribution in [0.5, 0.6) is 0 Å². The lowest BCUT2D eigenvalue weighted by molar-refractivity contribution is 0.0476. The van der Waals surface area contributed by atoms with E-state index in [2.05, 4.69) is 0 Å². The average Bonchev–Trinajstić information content (AvgIpc) is 3.09. The SMILES string of the molecule is Cc1ccc(-c2cc(C(=O)OCC(=O)c3cc(C)sc3C)c3ccccc3n2)cc1. The van der Waals surface area contributed by atoms with Crippen molar-refractivity contribution in [1.29, 1.82) is 0 Å². The van der Waals surface area contributed by atoms with Crippen molar-refractivity contribution in [3.05, 3.63) is 87.1 Å². The molecule has 2 aromatic heterocycles. The Balaban J connectivity index is 1.65. The number of thiophene rings is 1. The maximum absolute atomic E-state index is 12.9. The van der Waals surface area contributed by atoms with Crippen LogP contribution in [0.1, 0.15) is 36.0 Å². The average molecular weight is 416 g/mol. The van der Waals surface area contributed by atoms with Crippen molar-refractivity contribution in [3.63, 3.8) is 0 Å². The van der Waals surface area contributed by atoms with E-state index in [9.17, 15) is 9.59 Å². The summed E-state index contributed by atoms with van der Waals surface area (Å²) in [7, 11) is 0. The van der Waals surface area contributed by atoms with Crippen LogP contribution in [0.3, 0.4) is 0 Å². The number of hydrogen-bond acceptors (Lipinski definition) is 5. The van der Waals surface area contributed by atoms with Crippen LogP contribution in [0, 0.1) is 20.8 Å². The van der Waals surface area contributed by atoms with Gasteiger partial charge in [-0.1, -0.05) is 48.0 Å². The van der Waals surface area contributed by atoms with Gasteiger partial charge in [0.15, 0.2) is 6.61 Å². The van der Waals surface area contributed by atoms with Crippen LogP contribution in [-0.4, -0.2) is 23.3 Å². The quantitative estimate of drug-likeness (QED) is 0.299. The summed E-state index contributed by atoms with van der Waals surface area (Å²) in [5.74, 6) is -0.720. The molecule has 0 saturated heterocycles. The summed E-state index contributed by atoms with van der Waals surface area (Å²) in [6, 6.07) is 19.0. The minimum atomic E-state index is -0.528. The zero-order valence-electron chi connectivity index (χ0n) is 17.1. The smallest absolute Gasteiger partial charge is 0.339 e. The van der Waals surface area contributed by atoms with Gasteiger partial charge in [0.25, 0.3) is 0 Å². The summed E-state index contributed by atoms with van der Waals surface area (Å²) >= 11 is 1.56. The Morgan fingerprint density at radius 1 is 0.933 bits per heavy atom. The van der Waals surface area contributed by atoms with E-state index < -0.39 is 5.97 Å². The molecule has 0 radical (unpaired) electrons. The maximum atomic E-state index is 12.9. The summed E-state index contributed by atoms with van der Waals surface area (Å²) in [5, 5.41) is 0.702. The van der Waals surface area contributed by atoms with Gasteiger partial charge in [-0.25, -0.2) is 9.78 Å². The predicted octanol–water partition coefficient (Wildman–Crippen LogP) is 5.93. The van der Waals surface area contributed by atoms with E-state index in [-0.39, 0.29) is 12.4 Å². The molecule has 0 unspecified atom stereocenters. The molecule has 4 aromatic rings. The van der Waals surface area contributed by atoms with Crippen molar-refractivity contribution >= 4 is 34.0 Å². The van der Waals surface area contributed by atoms with Crippen LogP contribution in [0.4, 0.5) is 0 Å². The number of carbonyl (C=O) groups is 2. The number of esters is 1. The Kier molecular flexibility index (Phi) is 5.46. The summed E-state index contributed by atoms with van der Waals surface area (Å²) in [6.45, 7) is 5.59. The van der Waals surface area contributed by atoms with Crippen molar-refractivity contribution in [2.24, 2.45) is 0 Å². The van der Waals surface area contributed by atoms with Gasteiger partial charge in [0.1, 0.15) is 0 Å². The Morgan fingerprint density at radius 3 is 2.37 bits per heavy atom. The molecule has 0 aliphatic heterocycles. The van der Waals surface area contributed by atoms with E-state index in [1.54, 1.807) is 17.4 Å². The van der Waals surface area contributed by atoms with Crippen molar-refractivity contribution in [2.45, 2.75) is 20.8 Å². The van der Waals surface area contributed by atoms with Gasteiger partial charge in [-0.3, -0.25) is 4.79 Å². The highest BCUT2D eigenvalue weighted by molar-refractivity contribution is 7.12. The summed E-state index contributed by atoms with van der Waals surface area (Å²) in [6.07, 6.45) is 0. The van der Waals surface area contributed by atoms with Gasteiger partial charge in [-0.15, -0.1) is 11.3 Å². The summed E-state index contributed by atoms with van der Waals surface area (Å²) in [5.41, 5.74) is 4.49. The van der Waals surface area contributed by atoms with E-state index in [1.165, 1.54) is 0 Å². The molecule has 4 rings (SSSR count). The number of fused-ring (bicyclic) bond motifs is 1. The number of ketones is 1. The van der Waals surface area contributed by atoms with Gasteiger partial charge in [0.2, 0.25) is 5.78 Å². The summed E-state index contributed by atoms with van der Waals surface area (Å²) in [4.78, 5) is 32.1. The fourth-order valence-corrected chi connectivity index (χ4v) is 4.35. The van der Waals surface area contributed by atoms with Crippen molar-refractivity contribution < 1.29 is 14.3 Å². The highest BCUT2D eigenvalue weighted by Crippen LogP contribution is 2.26. The molecule has 0 aliphatic rings. The van der Waals surface area contributed by atoms with Crippen LogP contribution in [-0.2, 0) is 4.74 Å². The first-order chi connectivity index (χ1) is 14.4. The molecule has 0 spiro atoms. The zero-order valence-corrected chi connectivity index (χ0v) is 17.9. The third-order valence-electron chi connectivity index (χ3n) is 4.96. The van der Waals surface area contributed by atoms with Gasteiger partial charge < -0.3 is 4.74 Å². The van der Waals surface area contributed by atoms with E-state index in [0.717, 1.165) is 20.9 Å². The minimum absolute atomic E-state index is 0.192. The third-order valence-corrected chi connectivity index (χ3v) is 5.93. The van der Waals surface area contributed by atoms with Crippen LogP contribution >= 0.6 is 11.3 Å². The molecular weight excluding hydrogens is 394 g/mol. The van der Waals surface area contributed by atoms with E-state index in [4.69, 9.17) is 9.72 Å². The second kappa shape index (κ2) is 8.20. The fourth-order valence-electron chi connectivity index (χ4n) is 3.41. The first kappa shape index (κ1) is 20.0. The highest BCUT2D eigenvalue weighted by Gasteiger charge is 2.18. The lowest BCUT2D eigenvalue weighted by atomic mass is 10.0. The topological polar surface area (TPSA) is 56.3 Å². The zero-order chi connectivity index (χ0) is 21.3. The number of aryl methyl sites for hydroxylation is 3. The van der Waals surface area contributed by atoms with Gasteiger partial charge in [-0.05, 0) is 39.0 Å². The molecule has 0 amide bonds. The molecule has 0 aliphatic carbocycles. The van der Waals surface area contributed by atoms with E-state index >= 15 is 0 Å². The number of hydrogen-bond donors (Lipinski definition) is 0. The van der Waals surface area contributed by atoms with Crippen molar-refractivity contribution in [2.75, 3.05) is 6.61 Å². The van der Waals surface area contributed by atoms with Crippen molar-refractivity contribution in [3.8, 4) is 11.3 Å². The van der Waals surface area contributed by atoms with Crippen LogP contribution in [0.2, 0.25) is 0 Å². The van der Waals surface area contributed by atoms with Gasteiger partial charge in [0.05, 0.1) is 16.8 Å². The van der Waals surface area contributed by atoms with E-state index in [1.807, 2.05) is 75.4 Å². The lowest BCUT2D eigenvalue weighted by Crippen LogP contribution is -2.15. The Morgan fingerprint density at radius 2 is 1.67 bits per heavy atom. The number of para-hydroxylation sites is 1. The number of nitrogens with zero attached hydrogens (tertiary/aromatic N) is 1. The molecule has 5 heteroatoms. The predicted molar refractivity (Wildman–Crippen MR) is 120 cm³/mol. The molecule has 0 bridgehead atoms. The van der Waals surface area contributed by atoms with Gasteiger partial charge in [-0.2, -0.15) is 0 Å². The molecule has 0 N–H and O–H groups in total. The number of carbonyl (C=O) groups excluding carboxylic acids is 2. The number of ether oxygens (including phenoxy) is 1. The molecule has 0 saturated carbocycles. The molecule has 0 fully saturated rings.